The summed E-state index contributed by atoms with van der Waals surface area (Å²) in [6.45, 7) is 6.18. The van der Waals surface area contributed by atoms with Crippen LogP contribution in [0.2, 0.25) is 0 Å². The molecule has 1 unspecified atom stereocenters. The predicted octanol–water partition coefficient (Wildman–Crippen LogP) is 3.14. The van der Waals surface area contributed by atoms with Crippen LogP contribution < -0.4 is 11.1 Å². The van der Waals surface area contributed by atoms with Crippen LogP contribution >= 0.6 is 0 Å². The highest BCUT2D eigenvalue weighted by atomic mass is 19.1. The van der Waals surface area contributed by atoms with Crippen LogP contribution in [-0.4, -0.2) is 9.78 Å². The molecule has 1 aromatic carbocycles. The average molecular weight is 311 g/mol. The number of nitrogens with zero attached hydrogens (tertiary/aromatic N) is 3. The number of fused-ring (bicyclic) bond motifs is 1. The van der Waals surface area contributed by atoms with Crippen LogP contribution in [0.3, 0.4) is 0 Å². The molecule has 0 saturated heterocycles. The van der Waals surface area contributed by atoms with Crippen LogP contribution in [0.1, 0.15) is 38.1 Å². The number of nitriles is 1. The zero-order chi connectivity index (χ0) is 16.8. The highest BCUT2D eigenvalue weighted by Crippen LogP contribution is 2.35. The van der Waals surface area contributed by atoms with Crippen LogP contribution in [0, 0.1) is 17.1 Å². The summed E-state index contributed by atoms with van der Waals surface area (Å²) in [6.07, 6.45) is 0. The van der Waals surface area contributed by atoms with E-state index in [2.05, 4.69) is 37.3 Å². The molecule has 23 heavy (non-hydrogen) atoms. The Hall–Kier alpha value is -2.81. The lowest BCUT2D eigenvalue weighted by molar-refractivity contribution is 0.560. The van der Waals surface area contributed by atoms with Crippen molar-refractivity contribution in [2.75, 3.05) is 5.32 Å². The smallest absolute Gasteiger partial charge is 0.143 e. The third-order valence-electron chi connectivity index (χ3n) is 3.89. The molecule has 6 heteroatoms. The third kappa shape index (κ3) is 2.55. The number of aromatic nitrogens is 2. The highest BCUT2D eigenvalue weighted by molar-refractivity contribution is 5.67. The first-order valence-electron chi connectivity index (χ1n) is 7.34. The van der Waals surface area contributed by atoms with Gasteiger partial charge in [-0.05, 0) is 17.7 Å². The largest absolute Gasteiger partial charge is 0.383 e. The van der Waals surface area contributed by atoms with Gasteiger partial charge in [0.2, 0.25) is 0 Å². The molecule has 118 valence electrons. The van der Waals surface area contributed by atoms with Crippen molar-refractivity contribution in [1.29, 1.82) is 5.26 Å². The maximum atomic E-state index is 13.1. The Bertz CT molecular complexity index is 818. The van der Waals surface area contributed by atoms with Gasteiger partial charge in [0.05, 0.1) is 17.3 Å². The number of hydrogen-bond acceptors (Lipinski definition) is 4. The molecule has 0 fully saturated rings. The number of anilines is 1. The number of rotatable bonds is 1. The first-order valence-corrected chi connectivity index (χ1v) is 7.34. The molecule has 0 saturated carbocycles. The molecule has 1 aromatic heterocycles. The normalized spacial score (nSPS) is 17.4. The van der Waals surface area contributed by atoms with E-state index in [1.807, 2.05) is 6.07 Å². The number of nitrogens with two attached hydrogens (primary N) is 1. The minimum Gasteiger partial charge on any atom is -0.383 e. The van der Waals surface area contributed by atoms with E-state index in [9.17, 15) is 9.65 Å². The first-order chi connectivity index (χ1) is 10.8. The maximum Gasteiger partial charge on any atom is 0.143 e. The highest BCUT2D eigenvalue weighted by Gasteiger charge is 2.30. The minimum atomic E-state index is -0.419. The Morgan fingerprint density at radius 1 is 1.30 bits per heavy atom. The van der Waals surface area contributed by atoms with Crippen molar-refractivity contribution in [3.05, 3.63) is 53.0 Å². The van der Waals surface area contributed by atoms with Gasteiger partial charge in [-0.3, -0.25) is 0 Å². The molecule has 0 spiro atoms. The van der Waals surface area contributed by atoms with Gasteiger partial charge in [-0.15, -0.1) is 0 Å². The lowest BCUT2D eigenvalue weighted by Crippen LogP contribution is -2.26. The van der Waals surface area contributed by atoms with Crippen molar-refractivity contribution in [2.45, 2.75) is 32.2 Å². The second-order valence-corrected chi connectivity index (χ2v) is 6.62. The summed E-state index contributed by atoms with van der Waals surface area (Å²) < 4.78 is 14.7. The molecule has 0 bridgehead atoms. The molecule has 2 aromatic rings. The molecule has 3 N–H and O–H groups in total. The van der Waals surface area contributed by atoms with Crippen LogP contribution in [0.5, 0.6) is 0 Å². The van der Waals surface area contributed by atoms with Gasteiger partial charge in [0.1, 0.15) is 23.5 Å². The maximum absolute atomic E-state index is 13.1. The Morgan fingerprint density at radius 2 is 1.96 bits per heavy atom. The van der Waals surface area contributed by atoms with E-state index in [0.29, 0.717) is 11.4 Å². The van der Waals surface area contributed by atoms with Gasteiger partial charge in [0.25, 0.3) is 0 Å². The lowest BCUT2D eigenvalue weighted by Gasteiger charge is -2.26. The second-order valence-electron chi connectivity index (χ2n) is 6.62. The summed E-state index contributed by atoms with van der Waals surface area (Å²) in [7, 11) is 0. The minimum absolute atomic E-state index is 0.134. The average Bonchev–Trinajstić information content (AvgIpc) is 2.92. The van der Waals surface area contributed by atoms with Crippen molar-refractivity contribution < 1.29 is 4.39 Å². The van der Waals surface area contributed by atoms with Crippen LogP contribution in [0.15, 0.2) is 35.9 Å². The van der Waals surface area contributed by atoms with Gasteiger partial charge in [0, 0.05) is 11.5 Å². The molecule has 5 nitrogen and oxygen atoms in total. The van der Waals surface area contributed by atoms with E-state index in [1.165, 1.54) is 12.1 Å². The Labute approximate surface area is 134 Å². The van der Waals surface area contributed by atoms with Gasteiger partial charge in [-0.25, -0.2) is 9.07 Å². The summed E-state index contributed by atoms with van der Waals surface area (Å²) in [6, 6.07) is 9.69. The molecule has 0 amide bonds. The number of benzene rings is 1. The number of halogens is 1. The van der Waals surface area contributed by atoms with Crippen molar-refractivity contribution in [3.8, 4) is 6.07 Å². The SMILES string of the molecule is CC(C)(C)c1cc2n(n1)C(N)=C(C#N)C(c1ccc(F)cc1)N2. The molecular weight excluding hydrogens is 293 g/mol. The van der Waals surface area contributed by atoms with E-state index in [1.54, 1.807) is 16.8 Å². The van der Waals surface area contributed by atoms with E-state index in [4.69, 9.17) is 5.73 Å². The molecule has 1 aliphatic heterocycles. The van der Waals surface area contributed by atoms with Crippen molar-refractivity contribution >= 4 is 11.6 Å². The van der Waals surface area contributed by atoms with E-state index in [0.717, 1.165) is 17.1 Å². The monoisotopic (exact) mass is 311 g/mol. The molecule has 3 rings (SSSR count). The molecule has 0 aliphatic carbocycles. The standard InChI is InChI=1S/C17H18FN5/c1-17(2,3)13-8-14-21-15(10-4-6-11(18)7-5-10)12(9-19)16(20)23(14)22-13/h4-8,15,21H,20H2,1-3H3. The third-order valence-corrected chi connectivity index (χ3v) is 3.89. The molecule has 1 atom stereocenters. The zero-order valence-corrected chi connectivity index (χ0v) is 13.3. The summed E-state index contributed by atoms with van der Waals surface area (Å²) in [5.74, 6) is 0.701. The molecule has 1 aliphatic rings. The van der Waals surface area contributed by atoms with E-state index < -0.39 is 6.04 Å². The van der Waals surface area contributed by atoms with Crippen LogP contribution in [0.4, 0.5) is 10.2 Å². The first kappa shape index (κ1) is 15.1. The quantitative estimate of drug-likeness (QED) is 0.848. The Morgan fingerprint density at radius 3 is 2.52 bits per heavy atom. The fourth-order valence-electron chi connectivity index (χ4n) is 2.54. The van der Waals surface area contributed by atoms with Gasteiger partial charge in [0.15, 0.2) is 0 Å². The fourth-order valence-corrected chi connectivity index (χ4v) is 2.54. The topological polar surface area (TPSA) is 79.7 Å². The number of hydrogen-bond donors (Lipinski definition) is 2. The zero-order valence-electron chi connectivity index (χ0n) is 13.3. The molecular formula is C17H18FN5. The Kier molecular flexibility index (Phi) is 3.37. The Balaban J connectivity index is 2.10. The van der Waals surface area contributed by atoms with Gasteiger partial charge in [-0.2, -0.15) is 10.4 Å². The second kappa shape index (κ2) is 5.13. The van der Waals surface area contributed by atoms with E-state index in [-0.39, 0.29) is 11.2 Å². The van der Waals surface area contributed by atoms with Crippen LogP contribution in [0.25, 0.3) is 5.82 Å². The van der Waals surface area contributed by atoms with Gasteiger partial charge in [-0.1, -0.05) is 32.9 Å². The molecule has 2 heterocycles. The predicted molar refractivity (Wildman–Crippen MR) is 86.7 cm³/mol. The summed E-state index contributed by atoms with van der Waals surface area (Å²) in [5.41, 5.74) is 8.04. The lowest BCUT2D eigenvalue weighted by atomic mass is 9.92. The van der Waals surface area contributed by atoms with Crippen molar-refractivity contribution in [3.63, 3.8) is 0 Å². The van der Waals surface area contributed by atoms with Gasteiger partial charge >= 0.3 is 0 Å². The number of nitrogens with one attached hydrogen (secondary N) is 1. The summed E-state index contributed by atoms with van der Waals surface area (Å²) >= 11 is 0. The van der Waals surface area contributed by atoms with Crippen molar-refractivity contribution in [1.82, 2.24) is 9.78 Å². The van der Waals surface area contributed by atoms with Crippen LogP contribution in [-0.2, 0) is 5.41 Å². The van der Waals surface area contributed by atoms with Gasteiger partial charge < -0.3 is 11.1 Å². The molecule has 0 radical (unpaired) electrons. The summed E-state index contributed by atoms with van der Waals surface area (Å²) in [5, 5.41) is 17.3. The van der Waals surface area contributed by atoms with Crippen molar-refractivity contribution in [2.24, 2.45) is 5.73 Å². The van der Waals surface area contributed by atoms with E-state index >= 15 is 0 Å². The summed E-state index contributed by atoms with van der Waals surface area (Å²) in [4.78, 5) is 0. The fraction of sp³-hybridized carbons (Fsp3) is 0.294.